The summed E-state index contributed by atoms with van der Waals surface area (Å²) in [6.45, 7) is 16.7. The molecule has 0 aromatic heterocycles. The first-order valence-electron chi connectivity index (χ1n) is 14.0. The maximum absolute atomic E-state index is 12.6. The lowest BCUT2D eigenvalue weighted by Gasteiger charge is -2.62. The minimum absolute atomic E-state index is 0.139. The van der Waals surface area contributed by atoms with E-state index in [-0.39, 0.29) is 18.8 Å². The molecule has 218 valence electrons. The monoisotopic (exact) mass is 548 g/mol. The first-order valence-corrected chi connectivity index (χ1v) is 14.0. The Morgan fingerprint density at radius 2 is 1.72 bits per heavy atom. The molecular formula is C30H44O9. The van der Waals surface area contributed by atoms with Gasteiger partial charge in [-0.1, -0.05) is 52.5 Å². The Bertz CT molecular complexity index is 1000. The Morgan fingerprint density at radius 1 is 1.10 bits per heavy atom. The Labute approximate surface area is 231 Å². The summed E-state index contributed by atoms with van der Waals surface area (Å²) in [5.74, 6) is -2.42. The predicted molar refractivity (Wildman–Crippen MR) is 143 cm³/mol. The Morgan fingerprint density at radius 3 is 2.28 bits per heavy atom. The molecule has 0 bridgehead atoms. The Balaban J connectivity index is 2.22. The van der Waals surface area contributed by atoms with Gasteiger partial charge in [-0.15, -0.1) is 0 Å². The number of rotatable bonds is 11. The fourth-order valence-corrected chi connectivity index (χ4v) is 6.71. The predicted octanol–water partition coefficient (Wildman–Crippen LogP) is 4.12. The minimum Gasteiger partial charge on any atom is -0.458 e. The third kappa shape index (κ3) is 5.72. The van der Waals surface area contributed by atoms with Crippen molar-refractivity contribution in [3.8, 4) is 0 Å². The average molecular weight is 549 g/mol. The summed E-state index contributed by atoms with van der Waals surface area (Å²) >= 11 is 0. The quantitative estimate of drug-likeness (QED) is 0.170. The molecule has 0 amide bonds. The lowest BCUT2D eigenvalue weighted by atomic mass is 9.44. The number of hydrogen-bond acceptors (Lipinski definition) is 9. The van der Waals surface area contributed by atoms with Crippen molar-refractivity contribution in [1.29, 1.82) is 0 Å². The fraction of sp³-hybridized carbons (Fsp3) is 0.700. The van der Waals surface area contributed by atoms with Crippen molar-refractivity contribution in [2.24, 2.45) is 22.7 Å². The highest BCUT2D eigenvalue weighted by Crippen LogP contribution is 2.67. The van der Waals surface area contributed by atoms with Crippen LogP contribution in [-0.4, -0.2) is 59.0 Å². The van der Waals surface area contributed by atoms with E-state index in [9.17, 15) is 24.6 Å². The Kier molecular flexibility index (Phi) is 9.83. The molecule has 1 saturated heterocycles. The highest BCUT2D eigenvalue weighted by atomic mass is 16.8. The molecule has 0 radical (unpaired) electrons. The van der Waals surface area contributed by atoms with Crippen LogP contribution in [0.3, 0.4) is 0 Å². The van der Waals surface area contributed by atoms with Crippen molar-refractivity contribution in [2.45, 2.75) is 110 Å². The number of carbonyl (C=O) groups excluding carboxylic acids is 3. The van der Waals surface area contributed by atoms with Crippen molar-refractivity contribution in [3.63, 3.8) is 0 Å². The van der Waals surface area contributed by atoms with Gasteiger partial charge in [-0.05, 0) is 55.4 Å². The van der Waals surface area contributed by atoms with Crippen LogP contribution in [0.25, 0.3) is 0 Å². The van der Waals surface area contributed by atoms with E-state index >= 15 is 0 Å². The van der Waals surface area contributed by atoms with Gasteiger partial charge in [-0.2, -0.15) is 0 Å². The van der Waals surface area contributed by atoms with Gasteiger partial charge in [0.1, 0.15) is 6.10 Å². The van der Waals surface area contributed by atoms with Gasteiger partial charge in [0, 0.05) is 25.3 Å². The molecule has 9 unspecified atom stereocenters. The van der Waals surface area contributed by atoms with Crippen molar-refractivity contribution in [3.05, 3.63) is 36.5 Å². The molecule has 3 rings (SSSR count). The zero-order valence-electron chi connectivity index (χ0n) is 23.8. The SMILES string of the molecule is C=CC(=C)CCC1(C)C(C)C(O)C(O)C23C(=CC(OC(=O)CCC)CC12)C(OC(=O)CCC)OC3OC(C)=O. The fourth-order valence-electron chi connectivity index (χ4n) is 6.71. The van der Waals surface area contributed by atoms with Gasteiger partial charge in [0.15, 0.2) is 0 Å². The summed E-state index contributed by atoms with van der Waals surface area (Å²) in [5, 5.41) is 23.3. The summed E-state index contributed by atoms with van der Waals surface area (Å²) < 4.78 is 23.3. The second-order valence-corrected chi connectivity index (χ2v) is 11.4. The summed E-state index contributed by atoms with van der Waals surface area (Å²) in [5.41, 5.74) is -0.937. The molecule has 1 aliphatic heterocycles. The summed E-state index contributed by atoms with van der Waals surface area (Å²) in [6.07, 6.45) is 0.369. The van der Waals surface area contributed by atoms with Gasteiger partial charge in [0.2, 0.25) is 12.6 Å². The van der Waals surface area contributed by atoms with Gasteiger partial charge in [0.05, 0.1) is 17.6 Å². The van der Waals surface area contributed by atoms with E-state index in [1.807, 2.05) is 27.7 Å². The number of ether oxygens (including phenoxy) is 4. The molecule has 0 aromatic carbocycles. The van der Waals surface area contributed by atoms with Gasteiger partial charge in [-0.3, -0.25) is 19.1 Å². The number of aliphatic hydroxyl groups is 2. The van der Waals surface area contributed by atoms with E-state index in [1.165, 1.54) is 6.92 Å². The van der Waals surface area contributed by atoms with Crippen molar-refractivity contribution in [2.75, 3.05) is 0 Å². The summed E-state index contributed by atoms with van der Waals surface area (Å²) in [6, 6.07) is 0. The van der Waals surface area contributed by atoms with Crippen LogP contribution in [0, 0.1) is 22.7 Å². The Hall–Kier alpha value is -2.49. The molecule has 9 heteroatoms. The smallest absolute Gasteiger partial charge is 0.308 e. The highest BCUT2D eigenvalue weighted by molar-refractivity contribution is 5.70. The molecule has 3 aliphatic rings. The van der Waals surface area contributed by atoms with Crippen molar-refractivity contribution in [1.82, 2.24) is 0 Å². The van der Waals surface area contributed by atoms with Crippen molar-refractivity contribution >= 4 is 17.9 Å². The molecule has 2 fully saturated rings. The van der Waals surface area contributed by atoms with Crippen LogP contribution in [0.15, 0.2) is 36.5 Å². The molecule has 1 spiro atoms. The van der Waals surface area contributed by atoms with Crippen LogP contribution in [0.5, 0.6) is 0 Å². The number of carbonyl (C=O) groups is 3. The number of allylic oxidation sites excluding steroid dienone is 2. The average Bonchev–Trinajstić information content (AvgIpc) is 3.17. The number of hydrogen-bond donors (Lipinski definition) is 2. The van der Waals surface area contributed by atoms with Gasteiger partial charge >= 0.3 is 17.9 Å². The van der Waals surface area contributed by atoms with Crippen LogP contribution < -0.4 is 0 Å². The zero-order valence-corrected chi connectivity index (χ0v) is 23.8. The van der Waals surface area contributed by atoms with E-state index in [0.717, 1.165) is 5.57 Å². The summed E-state index contributed by atoms with van der Waals surface area (Å²) in [4.78, 5) is 37.4. The van der Waals surface area contributed by atoms with Crippen LogP contribution in [0.1, 0.15) is 79.6 Å². The maximum atomic E-state index is 12.6. The van der Waals surface area contributed by atoms with E-state index in [2.05, 4.69) is 13.2 Å². The molecule has 1 heterocycles. The maximum Gasteiger partial charge on any atom is 0.308 e. The normalized spacial score (nSPS) is 37.1. The topological polar surface area (TPSA) is 129 Å². The first kappa shape index (κ1) is 31.0. The lowest BCUT2D eigenvalue weighted by molar-refractivity contribution is -0.274. The first-order chi connectivity index (χ1) is 18.4. The molecule has 1 saturated carbocycles. The largest absolute Gasteiger partial charge is 0.458 e. The van der Waals surface area contributed by atoms with Crippen molar-refractivity contribution < 1.29 is 43.5 Å². The highest BCUT2D eigenvalue weighted by Gasteiger charge is 2.73. The molecular weight excluding hydrogens is 504 g/mol. The number of esters is 3. The third-order valence-electron chi connectivity index (χ3n) is 8.94. The molecule has 0 aromatic rings. The van der Waals surface area contributed by atoms with Gasteiger partial charge < -0.3 is 24.4 Å². The standard InChI is InChI=1S/C30H44O9/c1-8-11-23(32)37-20-15-21-27(38-24(33)12-9-2)39-28(36-19(6)31)30(21)22(16-20)29(7,14-13-17(4)10-3)18(5)25(34)26(30)35/h10,15,18,20,22,25-28,34-35H,3-4,8-9,11-14,16H2,1-2,5-7H3. The van der Waals surface area contributed by atoms with E-state index in [0.29, 0.717) is 37.7 Å². The van der Waals surface area contributed by atoms with E-state index in [4.69, 9.17) is 18.9 Å². The lowest BCUT2D eigenvalue weighted by Crippen LogP contribution is -2.68. The summed E-state index contributed by atoms with van der Waals surface area (Å²) in [7, 11) is 0. The molecule has 39 heavy (non-hydrogen) atoms. The second kappa shape index (κ2) is 12.4. The van der Waals surface area contributed by atoms with Gasteiger partial charge in [-0.25, -0.2) is 0 Å². The third-order valence-corrected chi connectivity index (χ3v) is 8.94. The molecule has 9 nitrogen and oxygen atoms in total. The van der Waals surface area contributed by atoms with Crippen LogP contribution >= 0.6 is 0 Å². The van der Waals surface area contributed by atoms with Crippen LogP contribution in [0.4, 0.5) is 0 Å². The van der Waals surface area contributed by atoms with E-state index < -0.39 is 65.5 Å². The molecule has 2 N–H and O–H groups in total. The number of aliphatic hydroxyl groups excluding tert-OH is 2. The molecule has 2 aliphatic carbocycles. The zero-order chi connectivity index (χ0) is 29.1. The van der Waals surface area contributed by atoms with E-state index in [1.54, 1.807) is 12.2 Å². The van der Waals surface area contributed by atoms with Gasteiger partial charge in [0.25, 0.3) is 0 Å². The van der Waals surface area contributed by atoms with Crippen LogP contribution in [-0.2, 0) is 33.3 Å². The minimum atomic E-state index is -1.44. The van der Waals surface area contributed by atoms with Crippen LogP contribution in [0.2, 0.25) is 0 Å². The molecule has 9 atom stereocenters. The second-order valence-electron chi connectivity index (χ2n) is 11.4.